The summed E-state index contributed by atoms with van der Waals surface area (Å²) in [6, 6.07) is 13.7. The van der Waals surface area contributed by atoms with E-state index < -0.39 is 0 Å². The lowest BCUT2D eigenvalue weighted by Gasteiger charge is -2.08. The van der Waals surface area contributed by atoms with E-state index in [2.05, 4.69) is 5.32 Å². The molecule has 4 heteroatoms. The Labute approximate surface area is 105 Å². The van der Waals surface area contributed by atoms with E-state index in [0.29, 0.717) is 16.8 Å². The number of rotatable bonds is 3. The number of nitrogens with one attached hydrogen (secondary N) is 1. The van der Waals surface area contributed by atoms with Crippen LogP contribution in [-0.2, 0) is 6.54 Å². The largest absolute Gasteiger partial charge is 0.508 e. The quantitative estimate of drug-likeness (QED) is 0.568. The van der Waals surface area contributed by atoms with E-state index in [-0.39, 0.29) is 18.2 Å². The van der Waals surface area contributed by atoms with Crippen molar-refractivity contribution >= 4 is 11.6 Å². The van der Waals surface area contributed by atoms with E-state index in [1.165, 1.54) is 6.07 Å². The number of benzene rings is 2. The molecule has 2 aromatic rings. The maximum atomic E-state index is 11.8. The van der Waals surface area contributed by atoms with Gasteiger partial charge in [-0.2, -0.15) is 0 Å². The number of phenolic OH excluding ortho intramolecular Hbond substituents is 1. The number of anilines is 1. The summed E-state index contributed by atoms with van der Waals surface area (Å²) < 4.78 is 0. The van der Waals surface area contributed by atoms with Crippen LogP contribution in [0.5, 0.6) is 5.75 Å². The first-order valence-electron chi connectivity index (χ1n) is 5.57. The number of amides is 1. The van der Waals surface area contributed by atoms with Crippen LogP contribution in [0.2, 0.25) is 0 Å². The first-order valence-corrected chi connectivity index (χ1v) is 5.57. The zero-order valence-corrected chi connectivity index (χ0v) is 9.76. The molecule has 0 aliphatic rings. The molecule has 0 heterocycles. The van der Waals surface area contributed by atoms with Gasteiger partial charge in [0.05, 0.1) is 0 Å². The molecule has 0 unspecified atom stereocenters. The summed E-state index contributed by atoms with van der Waals surface area (Å²) in [5, 5.41) is 12.3. The lowest BCUT2D eigenvalue weighted by atomic mass is 10.1. The van der Waals surface area contributed by atoms with Gasteiger partial charge in [-0.1, -0.05) is 18.2 Å². The highest BCUT2D eigenvalue weighted by molar-refractivity contribution is 5.94. The van der Waals surface area contributed by atoms with Gasteiger partial charge in [0.15, 0.2) is 0 Å². The van der Waals surface area contributed by atoms with Crippen molar-refractivity contribution in [2.45, 2.75) is 6.54 Å². The third-order valence-electron chi connectivity index (χ3n) is 2.58. The fourth-order valence-electron chi connectivity index (χ4n) is 1.61. The zero-order valence-electron chi connectivity index (χ0n) is 9.76. The predicted molar refractivity (Wildman–Crippen MR) is 70.1 cm³/mol. The van der Waals surface area contributed by atoms with E-state index in [0.717, 1.165) is 0 Å². The molecule has 18 heavy (non-hydrogen) atoms. The van der Waals surface area contributed by atoms with Gasteiger partial charge in [-0.15, -0.1) is 0 Å². The molecule has 0 aliphatic carbocycles. The fourth-order valence-corrected chi connectivity index (χ4v) is 1.61. The lowest BCUT2D eigenvalue weighted by Crippen LogP contribution is -2.22. The zero-order chi connectivity index (χ0) is 13.0. The van der Waals surface area contributed by atoms with Gasteiger partial charge in [-0.25, -0.2) is 0 Å². The molecule has 1 amide bonds. The number of nitrogens with two attached hydrogens (primary N) is 1. The van der Waals surface area contributed by atoms with E-state index in [1.54, 1.807) is 36.4 Å². The van der Waals surface area contributed by atoms with Crippen LogP contribution in [0.3, 0.4) is 0 Å². The predicted octanol–water partition coefficient (Wildman–Crippen LogP) is 1.90. The molecule has 4 nitrogen and oxygen atoms in total. The van der Waals surface area contributed by atoms with Crippen molar-refractivity contribution in [3.05, 3.63) is 59.7 Å². The molecule has 0 fully saturated rings. The number of aromatic hydroxyl groups is 1. The molecule has 92 valence electrons. The van der Waals surface area contributed by atoms with Crippen molar-refractivity contribution in [2.75, 3.05) is 5.73 Å². The molecule has 0 radical (unpaired) electrons. The third kappa shape index (κ3) is 2.79. The normalized spacial score (nSPS) is 10.0. The number of hydrogen-bond donors (Lipinski definition) is 3. The Kier molecular flexibility index (Phi) is 3.48. The Hall–Kier alpha value is -2.49. The smallest absolute Gasteiger partial charge is 0.251 e. The summed E-state index contributed by atoms with van der Waals surface area (Å²) in [5.74, 6) is -0.0602. The summed E-state index contributed by atoms with van der Waals surface area (Å²) in [6.45, 7) is 0.241. The molecule has 0 bridgehead atoms. The number of hydrogen-bond acceptors (Lipinski definition) is 3. The van der Waals surface area contributed by atoms with Crippen molar-refractivity contribution in [1.29, 1.82) is 0 Å². The van der Waals surface area contributed by atoms with E-state index in [4.69, 9.17) is 5.73 Å². The molecule has 2 aromatic carbocycles. The van der Waals surface area contributed by atoms with Crippen LogP contribution >= 0.6 is 0 Å². The van der Waals surface area contributed by atoms with Crippen molar-refractivity contribution in [3.63, 3.8) is 0 Å². The summed E-state index contributed by atoms with van der Waals surface area (Å²) in [5.41, 5.74) is 7.35. The van der Waals surface area contributed by atoms with Crippen LogP contribution < -0.4 is 11.1 Å². The molecule has 4 N–H and O–H groups in total. The molecule has 0 atom stereocenters. The van der Waals surface area contributed by atoms with E-state index in [1.807, 2.05) is 6.07 Å². The maximum Gasteiger partial charge on any atom is 0.251 e. The highest BCUT2D eigenvalue weighted by atomic mass is 16.3. The summed E-state index contributed by atoms with van der Waals surface area (Å²) in [6.07, 6.45) is 0. The van der Waals surface area contributed by atoms with Gasteiger partial charge in [0.25, 0.3) is 5.91 Å². The van der Waals surface area contributed by atoms with Gasteiger partial charge < -0.3 is 16.2 Å². The monoisotopic (exact) mass is 242 g/mol. The first-order chi connectivity index (χ1) is 8.66. The van der Waals surface area contributed by atoms with Gasteiger partial charge in [-0.3, -0.25) is 4.79 Å². The minimum atomic E-state index is -0.183. The number of phenols is 1. The number of nitrogen functional groups attached to an aromatic ring is 1. The second-order valence-corrected chi connectivity index (χ2v) is 3.94. The molecule has 0 saturated carbocycles. The van der Waals surface area contributed by atoms with Gasteiger partial charge in [0.2, 0.25) is 0 Å². The van der Waals surface area contributed by atoms with Crippen molar-refractivity contribution < 1.29 is 9.90 Å². The number of carbonyl (C=O) groups excluding carboxylic acids is 1. The molecular formula is C14H14N2O2. The van der Waals surface area contributed by atoms with Gasteiger partial charge in [-0.05, 0) is 30.3 Å². The Morgan fingerprint density at radius 3 is 2.61 bits per heavy atom. The molecule has 0 aliphatic heterocycles. The highest BCUT2D eigenvalue weighted by Gasteiger charge is 2.06. The lowest BCUT2D eigenvalue weighted by molar-refractivity contribution is 0.0951. The average molecular weight is 242 g/mol. The topological polar surface area (TPSA) is 75.3 Å². The standard InChI is InChI=1S/C14H14N2O2/c15-12-6-7-13(17)11(8-12)9-16-14(18)10-4-2-1-3-5-10/h1-8,17H,9,15H2,(H,16,18). The SMILES string of the molecule is Nc1ccc(O)c(CNC(=O)c2ccccc2)c1. The third-order valence-corrected chi connectivity index (χ3v) is 2.58. The maximum absolute atomic E-state index is 11.8. The fraction of sp³-hybridized carbons (Fsp3) is 0.0714. The van der Waals surface area contributed by atoms with Gasteiger partial charge in [0, 0.05) is 23.4 Å². The average Bonchev–Trinajstić information content (AvgIpc) is 2.40. The van der Waals surface area contributed by atoms with E-state index in [9.17, 15) is 9.90 Å². The van der Waals surface area contributed by atoms with Crippen molar-refractivity contribution in [3.8, 4) is 5.75 Å². The molecular weight excluding hydrogens is 228 g/mol. The Morgan fingerprint density at radius 1 is 1.17 bits per heavy atom. The minimum absolute atomic E-state index is 0.123. The molecule has 0 spiro atoms. The van der Waals surface area contributed by atoms with Gasteiger partial charge in [0.1, 0.15) is 5.75 Å². The summed E-state index contributed by atoms with van der Waals surface area (Å²) in [4.78, 5) is 11.8. The van der Waals surface area contributed by atoms with Crippen molar-refractivity contribution in [2.24, 2.45) is 0 Å². The van der Waals surface area contributed by atoms with Crippen molar-refractivity contribution in [1.82, 2.24) is 5.32 Å². The van der Waals surface area contributed by atoms with Crippen LogP contribution in [0.15, 0.2) is 48.5 Å². The summed E-state index contributed by atoms with van der Waals surface area (Å²) >= 11 is 0. The van der Waals surface area contributed by atoms with Crippen LogP contribution in [0.1, 0.15) is 15.9 Å². The Bertz CT molecular complexity index is 553. The minimum Gasteiger partial charge on any atom is -0.508 e. The van der Waals surface area contributed by atoms with Gasteiger partial charge >= 0.3 is 0 Å². The van der Waals surface area contributed by atoms with E-state index >= 15 is 0 Å². The van der Waals surface area contributed by atoms with Crippen LogP contribution in [0.4, 0.5) is 5.69 Å². The summed E-state index contributed by atoms with van der Waals surface area (Å²) in [7, 11) is 0. The Balaban J connectivity index is 2.04. The second kappa shape index (κ2) is 5.23. The van der Waals surface area contributed by atoms with Crippen LogP contribution in [0, 0.1) is 0 Å². The van der Waals surface area contributed by atoms with Crippen LogP contribution in [0.25, 0.3) is 0 Å². The highest BCUT2D eigenvalue weighted by Crippen LogP contribution is 2.19. The van der Waals surface area contributed by atoms with Crippen LogP contribution in [-0.4, -0.2) is 11.0 Å². The molecule has 0 aromatic heterocycles. The molecule has 0 saturated heterocycles. The number of carbonyl (C=O) groups is 1. The second-order valence-electron chi connectivity index (χ2n) is 3.94. The Morgan fingerprint density at radius 2 is 1.89 bits per heavy atom. The molecule has 2 rings (SSSR count). The first kappa shape index (κ1) is 12.0.